The van der Waals surface area contributed by atoms with Gasteiger partial charge in [-0.1, -0.05) is 22.0 Å². The first-order valence-electron chi connectivity index (χ1n) is 6.44. The molecule has 0 aliphatic rings. The Bertz CT molecular complexity index is 679. The number of nitrogens with two attached hydrogens (primary N) is 1. The molecule has 4 nitrogen and oxygen atoms in total. The van der Waals surface area contributed by atoms with Crippen molar-refractivity contribution in [3.63, 3.8) is 0 Å². The van der Waals surface area contributed by atoms with Crippen LogP contribution < -0.4 is 15.8 Å². The SMILES string of the molecule is COc1c(C)ccc(NC(=O)c2cc(N)cc(Br)c2)c1C. The monoisotopic (exact) mass is 348 g/mol. The van der Waals surface area contributed by atoms with Crippen molar-refractivity contribution in [1.29, 1.82) is 0 Å². The molecular weight excluding hydrogens is 332 g/mol. The Morgan fingerprint density at radius 3 is 2.57 bits per heavy atom. The maximum Gasteiger partial charge on any atom is 0.255 e. The smallest absolute Gasteiger partial charge is 0.255 e. The van der Waals surface area contributed by atoms with E-state index >= 15 is 0 Å². The van der Waals surface area contributed by atoms with Crippen LogP contribution in [0.5, 0.6) is 5.75 Å². The number of benzene rings is 2. The standard InChI is InChI=1S/C16H17BrN2O2/c1-9-4-5-14(10(2)15(9)21-3)19-16(20)11-6-12(17)8-13(18)7-11/h4-8H,18H2,1-3H3,(H,19,20). The third-order valence-corrected chi connectivity index (χ3v) is 3.70. The molecule has 2 aromatic carbocycles. The highest BCUT2D eigenvalue weighted by Gasteiger charge is 2.12. The highest BCUT2D eigenvalue weighted by molar-refractivity contribution is 9.10. The molecule has 0 heterocycles. The Hall–Kier alpha value is -2.01. The number of aryl methyl sites for hydroxylation is 1. The summed E-state index contributed by atoms with van der Waals surface area (Å²) < 4.78 is 6.13. The van der Waals surface area contributed by atoms with Crippen LogP contribution in [0.3, 0.4) is 0 Å². The molecule has 0 bridgehead atoms. The predicted octanol–water partition coefficient (Wildman–Crippen LogP) is 3.91. The van der Waals surface area contributed by atoms with Gasteiger partial charge in [0, 0.05) is 27.0 Å². The van der Waals surface area contributed by atoms with E-state index in [1.54, 1.807) is 25.3 Å². The predicted molar refractivity (Wildman–Crippen MR) is 89.0 cm³/mol. The van der Waals surface area contributed by atoms with Gasteiger partial charge in [0.05, 0.1) is 7.11 Å². The summed E-state index contributed by atoms with van der Waals surface area (Å²) in [4.78, 5) is 12.3. The lowest BCUT2D eigenvalue weighted by atomic mass is 10.1. The van der Waals surface area contributed by atoms with Crippen molar-refractivity contribution in [3.05, 3.63) is 51.5 Å². The number of ether oxygens (including phenoxy) is 1. The largest absolute Gasteiger partial charge is 0.496 e. The fourth-order valence-corrected chi connectivity index (χ4v) is 2.73. The summed E-state index contributed by atoms with van der Waals surface area (Å²) in [7, 11) is 1.62. The van der Waals surface area contributed by atoms with E-state index in [-0.39, 0.29) is 5.91 Å². The minimum absolute atomic E-state index is 0.211. The molecule has 0 spiro atoms. The van der Waals surface area contributed by atoms with Gasteiger partial charge in [0.1, 0.15) is 5.75 Å². The van der Waals surface area contributed by atoms with Crippen LogP contribution in [0.15, 0.2) is 34.8 Å². The van der Waals surface area contributed by atoms with Crippen molar-refractivity contribution in [2.45, 2.75) is 13.8 Å². The molecule has 0 saturated carbocycles. The average Bonchev–Trinajstić information content (AvgIpc) is 2.41. The van der Waals surface area contributed by atoms with Crippen LogP contribution in [-0.4, -0.2) is 13.0 Å². The third kappa shape index (κ3) is 3.36. The van der Waals surface area contributed by atoms with Gasteiger partial charge in [-0.3, -0.25) is 4.79 Å². The molecule has 0 aliphatic heterocycles. The van der Waals surface area contributed by atoms with Gasteiger partial charge in [-0.25, -0.2) is 0 Å². The first-order valence-corrected chi connectivity index (χ1v) is 7.23. The summed E-state index contributed by atoms with van der Waals surface area (Å²) in [5, 5.41) is 2.89. The van der Waals surface area contributed by atoms with Crippen LogP contribution >= 0.6 is 15.9 Å². The van der Waals surface area contributed by atoms with Crippen molar-refractivity contribution >= 4 is 33.2 Å². The first kappa shape index (κ1) is 15.4. The molecule has 0 unspecified atom stereocenters. The highest BCUT2D eigenvalue weighted by atomic mass is 79.9. The summed E-state index contributed by atoms with van der Waals surface area (Å²) >= 11 is 3.33. The van der Waals surface area contributed by atoms with E-state index in [4.69, 9.17) is 10.5 Å². The lowest BCUT2D eigenvalue weighted by molar-refractivity contribution is 0.102. The molecule has 3 N–H and O–H groups in total. The molecule has 0 saturated heterocycles. The molecule has 0 aromatic heterocycles. The molecule has 21 heavy (non-hydrogen) atoms. The third-order valence-electron chi connectivity index (χ3n) is 3.24. The summed E-state index contributed by atoms with van der Waals surface area (Å²) in [6.07, 6.45) is 0. The van der Waals surface area contributed by atoms with Crippen molar-refractivity contribution in [2.75, 3.05) is 18.2 Å². The molecule has 1 amide bonds. The highest BCUT2D eigenvalue weighted by Crippen LogP contribution is 2.29. The second-order valence-electron chi connectivity index (χ2n) is 4.82. The van der Waals surface area contributed by atoms with E-state index in [1.165, 1.54) is 0 Å². The van der Waals surface area contributed by atoms with Gasteiger partial charge in [0.2, 0.25) is 0 Å². The number of anilines is 2. The van der Waals surface area contributed by atoms with Crippen molar-refractivity contribution in [1.82, 2.24) is 0 Å². The molecule has 0 fully saturated rings. The van der Waals surface area contributed by atoms with Crippen LogP contribution in [0.25, 0.3) is 0 Å². The second-order valence-corrected chi connectivity index (χ2v) is 5.73. The number of carbonyl (C=O) groups excluding carboxylic acids is 1. The summed E-state index contributed by atoms with van der Waals surface area (Å²) in [5.74, 6) is 0.568. The second kappa shape index (κ2) is 6.18. The van der Waals surface area contributed by atoms with Crippen LogP contribution in [0, 0.1) is 13.8 Å². The number of hydrogen-bond acceptors (Lipinski definition) is 3. The normalized spacial score (nSPS) is 10.3. The van der Waals surface area contributed by atoms with Gasteiger partial charge < -0.3 is 15.8 Å². The Balaban J connectivity index is 2.32. The number of hydrogen-bond donors (Lipinski definition) is 2. The molecule has 0 radical (unpaired) electrons. The zero-order valence-corrected chi connectivity index (χ0v) is 13.7. The molecule has 5 heteroatoms. The van der Waals surface area contributed by atoms with Gasteiger partial charge in [-0.05, 0) is 43.7 Å². The molecule has 2 rings (SSSR count). The Morgan fingerprint density at radius 2 is 1.95 bits per heavy atom. The zero-order chi connectivity index (χ0) is 15.6. The van der Waals surface area contributed by atoms with Crippen molar-refractivity contribution in [2.24, 2.45) is 0 Å². The van der Waals surface area contributed by atoms with E-state index in [1.807, 2.05) is 26.0 Å². The van der Waals surface area contributed by atoms with Gasteiger partial charge in [0.15, 0.2) is 0 Å². The van der Waals surface area contributed by atoms with E-state index in [0.717, 1.165) is 27.0 Å². The van der Waals surface area contributed by atoms with E-state index in [9.17, 15) is 4.79 Å². The number of nitrogen functional groups attached to an aromatic ring is 1. The fourth-order valence-electron chi connectivity index (χ4n) is 2.21. The number of rotatable bonds is 3. The molecule has 0 aliphatic carbocycles. The molecule has 110 valence electrons. The van der Waals surface area contributed by atoms with Crippen molar-refractivity contribution < 1.29 is 9.53 Å². The quantitative estimate of drug-likeness (QED) is 0.826. The number of carbonyl (C=O) groups is 1. The van der Waals surface area contributed by atoms with E-state index in [2.05, 4.69) is 21.2 Å². The first-order chi connectivity index (χ1) is 9.92. The number of halogens is 1. The molecule has 2 aromatic rings. The minimum atomic E-state index is -0.211. The topological polar surface area (TPSA) is 64.3 Å². The molecule has 0 atom stereocenters. The van der Waals surface area contributed by atoms with Crippen LogP contribution in [0.1, 0.15) is 21.5 Å². The lowest BCUT2D eigenvalue weighted by Gasteiger charge is -2.14. The van der Waals surface area contributed by atoms with Crippen LogP contribution in [-0.2, 0) is 0 Å². The summed E-state index contributed by atoms with van der Waals surface area (Å²) in [6.45, 7) is 3.88. The van der Waals surface area contributed by atoms with Gasteiger partial charge in [-0.15, -0.1) is 0 Å². The van der Waals surface area contributed by atoms with Gasteiger partial charge >= 0.3 is 0 Å². The zero-order valence-electron chi connectivity index (χ0n) is 12.2. The van der Waals surface area contributed by atoms with Gasteiger partial charge in [0.25, 0.3) is 5.91 Å². The number of methoxy groups -OCH3 is 1. The maximum absolute atomic E-state index is 12.3. The van der Waals surface area contributed by atoms with Crippen molar-refractivity contribution in [3.8, 4) is 5.75 Å². The van der Waals surface area contributed by atoms with E-state index in [0.29, 0.717) is 11.3 Å². The number of nitrogens with one attached hydrogen (secondary N) is 1. The van der Waals surface area contributed by atoms with Crippen LogP contribution in [0.2, 0.25) is 0 Å². The van der Waals surface area contributed by atoms with Crippen LogP contribution in [0.4, 0.5) is 11.4 Å². The maximum atomic E-state index is 12.3. The summed E-state index contributed by atoms with van der Waals surface area (Å²) in [5.41, 5.74) is 9.44. The Morgan fingerprint density at radius 1 is 1.24 bits per heavy atom. The summed E-state index contributed by atoms with van der Waals surface area (Å²) in [6, 6.07) is 8.90. The Labute approximate surface area is 132 Å². The minimum Gasteiger partial charge on any atom is -0.496 e. The van der Waals surface area contributed by atoms with E-state index < -0.39 is 0 Å². The number of amides is 1. The Kier molecular flexibility index (Phi) is 4.53. The average molecular weight is 349 g/mol. The fraction of sp³-hybridized carbons (Fsp3) is 0.188. The van der Waals surface area contributed by atoms with Gasteiger partial charge in [-0.2, -0.15) is 0 Å². The molecular formula is C16H17BrN2O2. The lowest BCUT2D eigenvalue weighted by Crippen LogP contribution is -2.13.